The van der Waals surface area contributed by atoms with Crippen molar-refractivity contribution < 1.29 is 104 Å². The van der Waals surface area contributed by atoms with Gasteiger partial charge in [-0.3, -0.25) is 0 Å². The van der Waals surface area contributed by atoms with E-state index in [0.717, 1.165) is 64.2 Å². The Morgan fingerprint density at radius 1 is 0.386 bits per heavy atom. The van der Waals surface area contributed by atoms with Gasteiger partial charge in [-0.2, -0.15) is 0 Å². The molecule has 0 aromatic rings. The molecule has 11 unspecified atom stereocenters. The third-order valence-electron chi connectivity index (χ3n) is 14.5. The van der Waals surface area contributed by atoms with E-state index in [0.29, 0.717) is 12.8 Å². The molecular weight excluding hydrogens is 925 g/mol. The largest absolute Gasteiger partial charge is 0.394 e. The molecule has 0 radical (unpaired) electrons. The minimum absolute atomic E-state index is 0.0925. The summed E-state index contributed by atoms with van der Waals surface area (Å²) in [5.41, 5.74) is -0.836. The topological polar surface area (TPSA) is 337 Å². The van der Waals surface area contributed by atoms with Crippen LogP contribution >= 0.6 is 0 Å². The van der Waals surface area contributed by atoms with Crippen molar-refractivity contribution in [3.63, 3.8) is 0 Å². The third-order valence-corrected chi connectivity index (χ3v) is 14.5. The summed E-state index contributed by atoms with van der Waals surface area (Å²) in [6, 6.07) is 0. The van der Waals surface area contributed by atoms with Gasteiger partial charge < -0.3 is 104 Å². The van der Waals surface area contributed by atoms with Crippen molar-refractivity contribution in [3.8, 4) is 0 Å². The van der Waals surface area contributed by atoms with Crippen molar-refractivity contribution >= 4 is 0 Å². The summed E-state index contributed by atoms with van der Waals surface area (Å²) in [4.78, 5) is 0. The summed E-state index contributed by atoms with van der Waals surface area (Å²) in [6.45, 7) is 1.39. The molecule has 21 heteroatoms. The molecular formula is C49H92O21. The molecule has 19 atom stereocenters. The zero-order chi connectivity index (χ0) is 51.2. The van der Waals surface area contributed by atoms with Crippen LogP contribution in [0.4, 0.5) is 0 Å². The minimum atomic E-state index is -1.83. The summed E-state index contributed by atoms with van der Waals surface area (Å²) in [6.07, 6.45) is -8.71. The Morgan fingerprint density at radius 2 is 0.757 bits per heavy atom. The molecule has 0 saturated carbocycles. The fraction of sp³-hybridized carbons (Fsp3) is 1.00. The molecule has 21 nitrogen and oxygen atoms in total. The van der Waals surface area contributed by atoms with Gasteiger partial charge in [0, 0.05) is 11.8 Å². The van der Waals surface area contributed by atoms with Crippen LogP contribution in [0.3, 0.4) is 0 Å². The van der Waals surface area contributed by atoms with Crippen LogP contribution in [0.25, 0.3) is 0 Å². The van der Waals surface area contributed by atoms with Gasteiger partial charge in [0.25, 0.3) is 0 Å². The summed E-state index contributed by atoms with van der Waals surface area (Å²) in [5, 5.41) is 138. The lowest BCUT2D eigenvalue weighted by Gasteiger charge is -2.47. The van der Waals surface area contributed by atoms with Gasteiger partial charge in [0.15, 0.2) is 25.2 Å². The standard InChI is InChI=1S/C49H92O21/c1-3-5-7-9-11-13-15-17-19-21-49(22-20-18-16-14-12-10-8-6-4-2,28-63-46-42(61)39(58)44(33(26-52)67-46)69-35-23-30(54)36(55)31(24-50)65-35)29-64-47-43(62)40(59)45(34(27-53)68-47)70-48-41(60)38(57)37(56)32(25-51)66-48/h30-48,50-62H,3-29H2,1-2H3/t30?,31?,32?,33?,34?,35-,36+,37-,38?,39?,40?,41+,42?,43+,44-,45-,46-,47?,48?/m0/s1. The number of rotatable bonds is 34. The van der Waals surface area contributed by atoms with E-state index in [2.05, 4.69) is 13.8 Å². The maximum atomic E-state index is 11.5. The van der Waals surface area contributed by atoms with E-state index >= 15 is 0 Å². The van der Waals surface area contributed by atoms with Gasteiger partial charge in [-0.1, -0.05) is 129 Å². The van der Waals surface area contributed by atoms with Crippen LogP contribution < -0.4 is 0 Å². The summed E-state index contributed by atoms with van der Waals surface area (Å²) in [5.74, 6) is 0. The number of aliphatic hydroxyl groups is 13. The van der Waals surface area contributed by atoms with Crippen LogP contribution in [0.2, 0.25) is 0 Å². The van der Waals surface area contributed by atoms with Gasteiger partial charge in [-0.05, 0) is 12.8 Å². The fourth-order valence-electron chi connectivity index (χ4n) is 9.98. The monoisotopic (exact) mass is 1020 g/mol. The van der Waals surface area contributed by atoms with Crippen molar-refractivity contribution in [2.45, 2.75) is 265 Å². The summed E-state index contributed by atoms with van der Waals surface area (Å²) < 4.78 is 47.5. The van der Waals surface area contributed by atoms with Crippen LogP contribution in [0.1, 0.15) is 149 Å². The fourth-order valence-corrected chi connectivity index (χ4v) is 9.98. The number of hydrogen-bond acceptors (Lipinski definition) is 21. The second-order valence-corrected chi connectivity index (χ2v) is 20.2. The smallest absolute Gasteiger partial charge is 0.187 e. The number of aliphatic hydroxyl groups excluding tert-OH is 13. The summed E-state index contributed by atoms with van der Waals surface area (Å²) >= 11 is 0. The van der Waals surface area contributed by atoms with E-state index < -0.39 is 149 Å². The number of hydrogen-bond donors (Lipinski definition) is 13. The zero-order valence-corrected chi connectivity index (χ0v) is 41.6. The van der Waals surface area contributed by atoms with Gasteiger partial charge in [0.2, 0.25) is 0 Å². The highest BCUT2D eigenvalue weighted by Crippen LogP contribution is 2.38. The van der Waals surface area contributed by atoms with Gasteiger partial charge in [0.1, 0.15) is 85.5 Å². The molecule has 4 saturated heterocycles. The average Bonchev–Trinajstić information content (AvgIpc) is 3.36. The molecule has 4 rings (SSSR count). The normalized spacial score (nSPS) is 37.5. The molecule has 0 aromatic heterocycles. The highest BCUT2D eigenvalue weighted by Gasteiger charge is 2.52. The van der Waals surface area contributed by atoms with Crippen LogP contribution in [0, 0.1) is 5.41 Å². The van der Waals surface area contributed by atoms with Gasteiger partial charge in [-0.25, -0.2) is 0 Å². The van der Waals surface area contributed by atoms with Crippen LogP contribution in [0.5, 0.6) is 0 Å². The molecule has 0 amide bonds. The molecule has 13 N–H and O–H groups in total. The Morgan fingerprint density at radius 3 is 1.19 bits per heavy atom. The lowest BCUT2D eigenvalue weighted by molar-refractivity contribution is -0.362. The maximum absolute atomic E-state index is 11.5. The maximum Gasteiger partial charge on any atom is 0.187 e. The Bertz CT molecular complexity index is 1330. The van der Waals surface area contributed by atoms with Crippen molar-refractivity contribution in [2.75, 3.05) is 39.6 Å². The Balaban J connectivity index is 1.53. The average molecular weight is 1020 g/mol. The molecule has 0 spiro atoms. The number of ether oxygens (including phenoxy) is 8. The van der Waals surface area contributed by atoms with E-state index in [1.54, 1.807) is 0 Å². The molecule has 4 heterocycles. The Kier molecular flexibility index (Phi) is 28.7. The predicted molar refractivity (Wildman–Crippen MR) is 249 cm³/mol. The van der Waals surface area contributed by atoms with Crippen molar-refractivity contribution in [1.82, 2.24) is 0 Å². The highest BCUT2D eigenvalue weighted by molar-refractivity contribution is 4.96. The Labute approximate surface area is 413 Å². The SMILES string of the molecule is CCCCCCCCCCCC(CCCCCCCCCCC)(COC1OC(CO)[C@H](OC2OC(CO)[C@H](O)C(O)[C@H]2O)C(O)[C@H]1O)CO[C@H]1OC(CO)[C@H](O[C@H]2CC(O)[C@@H](O)C(CO)O2)C(O)C1O. The highest BCUT2D eigenvalue weighted by atomic mass is 16.8. The summed E-state index contributed by atoms with van der Waals surface area (Å²) in [7, 11) is 0. The quantitative estimate of drug-likeness (QED) is 0.0381. The molecule has 4 aliphatic heterocycles. The third kappa shape index (κ3) is 18.2. The van der Waals surface area contributed by atoms with E-state index in [9.17, 15) is 66.4 Å². The van der Waals surface area contributed by atoms with Crippen molar-refractivity contribution in [3.05, 3.63) is 0 Å². The minimum Gasteiger partial charge on any atom is -0.394 e. The molecule has 0 bridgehead atoms. The first-order valence-electron chi connectivity index (χ1n) is 26.4. The molecule has 0 aromatic carbocycles. The second-order valence-electron chi connectivity index (χ2n) is 20.2. The van der Waals surface area contributed by atoms with Crippen molar-refractivity contribution in [2.24, 2.45) is 5.41 Å². The molecule has 414 valence electrons. The van der Waals surface area contributed by atoms with E-state index in [1.807, 2.05) is 0 Å². The van der Waals surface area contributed by atoms with Gasteiger partial charge in [-0.15, -0.1) is 0 Å². The Hall–Kier alpha value is -0.840. The number of unbranched alkanes of at least 4 members (excludes halogenated alkanes) is 16. The predicted octanol–water partition coefficient (Wildman–Crippen LogP) is 0.125. The zero-order valence-electron chi connectivity index (χ0n) is 41.6. The van der Waals surface area contributed by atoms with E-state index in [1.165, 1.54) is 51.4 Å². The second kappa shape index (κ2) is 32.6. The first-order chi connectivity index (χ1) is 33.7. The lowest BCUT2D eigenvalue weighted by Crippen LogP contribution is -2.64. The van der Waals surface area contributed by atoms with Crippen LogP contribution in [-0.4, -0.2) is 223 Å². The van der Waals surface area contributed by atoms with Crippen LogP contribution in [-0.2, 0) is 37.9 Å². The first-order valence-corrected chi connectivity index (χ1v) is 26.4. The van der Waals surface area contributed by atoms with Gasteiger partial charge >= 0.3 is 0 Å². The molecule has 70 heavy (non-hydrogen) atoms. The first kappa shape index (κ1) is 61.7. The molecule has 4 fully saturated rings. The lowest BCUT2D eigenvalue weighted by atomic mass is 9.79. The van der Waals surface area contributed by atoms with E-state index in [4.69, 9.17) is 37.9 Å². The van der Waals surface area contributed by atoms with Crippen LogP contribution in [0.15, 0.2) is 0 Å². The molecule has 4 aliphatic rings. The van der Waals surface area contributed by atoms with Crippen molar-refractivity contribution in [1.29, 1.82) is 0 Å². The van der Waals surface area contributed by atoms with Gasteiger partial charge in [0.05, 0.1) is 45.7 Å². The van der Waals surface area contributed by atoms with E-state index in [-0.39, 0.29) is 19.6 Å². The molecule has 0 aliphatic carbocycles.